The van der Waals surface area contributed by atoms with Crippen molar-refractivity contribution in [2.45, 2.75) is 6.92 Å². The van der Waals surface area contributed by atoms with E-state index in [0.717, 1.165) is 0 Å². The van der Waals surface area contributed by atoms with Crippen LogP contribution in [0.15, 0.2) is 51.9 Å². The number of aromatic hydroxyl groups is 2. The Labute approximate surface area is 126 Å². The van der Waals surface area contributed by atoms with Crippen molar-refractivity contribution in [2.75, 3.05) is 6.61 Å². The van der Waals surface area contributed by atoms with Gasteiger partial charge in [-0.3, -0.25) is 4.79 Å². The number of phenolic OH excluding ortho intramolecular Hbond substituents is 2. The summed E-state index contributed by atoms with van der Waals surface area (Å²) in [6.07, 6.45) is 1.32. The maximum Gasteiger partial charge on any atom is 0.200 e. The fourth-order valence-corrected chi connectivity index (χ4v) is 2.28. The molecule has 5 nitrogen and oxygen atoms in total. The summed E-state index contributed by atoms with van der Waals surface area (Å²) in [4.78, 5) is 12.5. The third kappa shape index (κ3) is 2.37. The number of phenols is 2. The normalized spacial score (nSPS) is 10.8. The molecule has 0 saturated heterocycles. The molecule has 0 unspecified atom stereocenters. The van der Waals surface area contributed by atoms with Crippen LogP contribution in [0, 0.1) is 0 Å². The molecule has 22 heavy (non-hydrogen) atoms. The smallest absolute Gasteiger partial charge is 0.200 e. The van der Waals surface area contributed by atoms with Crippen molar-refractivity contribution in [1.29, 1.82) is 0 Å². The van der Waals surface area contributed by atoms with Gasteiger partial charge in [0.25, 0.3) is 0 Å². The summed E-state index contributed by atoms with van der Waals surface area (Å²) in [5.41, 5.74) is 0.940. The molecule has 0 aliphatic carbocycles. The average molecular weight is 298 g/mol. The molecular weight excluding hydrogens is 284 g/mol. The fourth-order valence-electron chi connectivity index (χ4n) is 2.28. The molecule has 0 aliphatic rings. The molecule has 5 heteroatoms. The molecule has 0 radical (unpaired) electrons. The maximum absolute atomic E-state index is 12.5. The van der Waals surface area contributed by atoms with E-state index in [1.54, 1.807) is 12.1 Å². The Morgan fingerprint density at radius 3 is 2.68 bits per heavy atom. The highest BCUT2D eigenvalue weighted by Gasteiger charge is 2.12. The van der Waals surface area contributed by atoms with Gasteiger partial charge in [0.1, 0.15) is 17.6 Å². The number of hydrogen-bond donors (Lipinski definition) is 2. The molecular formula is C17H14O5. The van der Waals surface area contributed by atoms with Gasteiger partial charge in [-0.25, -0.2) is 0 Å². The van der Waals surface area contributed by atoms with Crippen molar-refractivity contribution in [3.63, 3.8) is 0 Å². The molecule has 112 valence electrons. The van der Waals surface area contributed by atoms with Gasteiger partial charge >= 0.3 is 0 Å². The first-order chi connectivity index (χ1) is 10.6. The fraction of sp³-hybridized carbons (Fsp3) is 0.118. The molecule has 0 fully saturated rings. The third-order valence-electron chi connectivity index (χ3n) is 3.33. The van der Waals surface area contributed by atoms with E-state index in [1.807, 2.05) is 6.92 Å². The summed E-state index contributed by atoms with van der Waals surface area (Å²) in [6.45, 7) is 2.26. The highest BCUT2D eigenvalue weighted by atomic mass is 16.5. The Balaban J connectivity index is 2.14. The second-order valence-corrected chi connectivity index (χ2v) is 4.77. The Bertz CT molecular complexity index is 895. The van der Waals surface area contributed by atoms with Gasteiger partial charge in [-0.2, -0.15) is 0 Å². The number of fused-ring (bicyclic) bond motifs is 1. The maximum atomic E-state index is 12.5. The first-order valence-corrected chi connectivity index (χ1v) is 6.81. The van der Waals surface area contributed by atoms with Crippen LogP contribution in [0.4, 0.5) is 0 Å². The highest BCUT2D eigenvalue weighted by molar-refractivity contribution is 5.82. The van der Waals surface area contributed by atoms with Gasteiger partial charge in [0.2, 0.25) is 0 Å². The molecule has 1 heterocycles. The monoisotopic (exact) mass is 298 g/mol. The van der Waals surface area contributed by atoms with Crippen LogP contribution < -0.4 is 10.2 Å². The quantitative estimate of drug-likeness (QED) is 0.775. The second-order valence-electron chi connectivity index (χ2n) is 4.77. The predicted octanol–water partition coefficient (Wildman–Crippen LogP) is 3.27. The van der Waals surface area contributed by atoms with E-state index in [1.165, 1.54) is 30.5 Å². The SMILES string of the molecule is CCOc1ccc(-c2coc3cc(O)ccc3c2=O)cc1O. The topological polar surface area (TPSA) is 79.9 Å². The number of hydrogen-bond acceptors (Lipinski definition) is 5. The van der Waals surface area contributed by atoms with Crippen molar-refractivity contribution in [1.82, 2.24) is 0 Å². The lowest BCUT2D eigenvalue weighted by atomic mass is 10.0. The Morgan fingerprint density at radius 2 is 1.95 bits per heavy atom. The van der Waals surface area contributed by atoms with E-state index in [2.05, 4.69) is 0 Å². The van der Waals surface area contributed by atoms with E-state index in [-0.39, 0.29) is 16.9 Å². The van der Waals surface area contributed by atoms with Crippen molar-refractivity contribution < 1.29 is 19.4 Å². The van der Waals surface area contributed by atoms with Crippen LogP contribution >= 0.6 is 0 Å². The summed E-state index contributed by atoms with van der Waals surface area (Å²) in [5, 5.41) is 19.7. The van der Waals surface area contributed by atoms with Gasteiger partial charge < -0.3 is 19.4 Å². The summed E-state index contributed by atoms with van der Waals surface area (Å²) in [6, 6.07) is 9.07. The van der Waals surface area contributed by atoms with Gasteiger partial charge in [-0.05, 0) is 36.8 Å². The zero-order chi connectivity index (χ0) is 15.7. The number of benzene rings is 2. The Morgan fingerprint density at radius 1 is 1.14 bits per heavy atom. The van der Waals surface area contributed by atoms with Crippen molar-refractivity contribution in [3.05, 3.63) is 52.9 Å². The van der Waals surface area contributed by atoms with Gasteiger partial charge in [0.15, 0.2) is 16.9 Å². The van der Waals surface area contributed by atoms with Crippen LogP contribution in [0.25, 0.3) is 22.1 Å². The highest BCUT2D eigenvalue weighted by Crippen LogP contribution is 2.31. The van der Waals surface area contributed by atoms with Gasteiger partial charge in [0, 0.05) is 6.07 Å². The third-order valence-corrected chi connectivity index (χ3v) is 3.33. The summed E-state index contributed by atoms with van der Waals surface area (Å²) in [7, 11) is 0. The van der Waals surface area contributed by atoms with E-state index < -0.39 is 0 Å². The minimum Gasteiger partial charge on any atom is -0.508 e. The number of rotatable bonds is 3. The van der Waals surface area contributed by atoms with Crippen molar-refractivity contribution in [2.24, 2.45) is 0 Å². The first kappa shape index (κ1) is 14.0. The molecule has 0 atom stereocenters. The molecule has 3 rings (SSSR count). The minimum absolute atomic E-state index is 0.0297. The molecule has 2 N–H and O–H groups in total. The lowest BCUT2D eigenvalue weighted by Gasteiger charge is -2.08. The van der Waals surface area contributed by atoms with Crippen LogP contribution in [0.5, 0.6) is 17.2 Å². The standard InChI is InChI=1S/C17H14O5/c1-2-21-15-6-3-10(7-14(15)19)13-9-22-16-8-11(18)4-5-12(16)17(13)20/h3-9,18-19H,2H2,1H3. The zero-order valence-electron chi connectivity index (χ0n) is 11.9. The Hall–Kier alpha value is -2.95. The molecule has 0 saturated carbocycles. The van der Waals surface area contributed by atoms with E-state index in [4.69, 9.17) is 9.15 Å². The van der Waals surface area contributed by atoms with Crippen LogP contribution in [-0.2, 0) is 0 Å². The van der Waals surface area contributed by atoms with Crippen LogP contribution in [0.3, 0.4) is 0 Å². The molecule has 2 aromatic carbocycles. The molecule has 0 amide bonds. The van der Waals surface area contributed by atoms with Gasteiger partial charge in [-0.15, -0.1) is 0 Å². The van der Waals surface area contributed by atoms with Crippen molar-refractivity contribution >= 4 is 11.0 Å². The van der Waals surface area contributed by atoms with Crippen LogP contribution in [-0.4, -0.2) is 16.8 Å². The van der Waals surface area contributed by atoms with Gasteiger partial charge in [-0.1, -0.05) is 6.07 Å². The lowest BCUT2D eigenvalue weighted by molar-refractivity contribution is 0.318. The second kappa shape index (κ2) is 5.44. The zero-order valence-corrected chi connectivity index (χ0v) is 11.9. The predicted molar refractivity (Wildman–Crippen MR) is 82.4 cm³/mol. The van der Waals surface area contributed by atoms with E-state index in [0.29, 0.717) is 34.5 Å². The first-order valence-electron chi connectivity index (χ1n) is 6.81. The average Bonchev–Trinajstić information content (AvgIpc) is 2.50. The van der Waals surface area contributed by atoms with Crippen LogP contribution in [0.2, 0.25) is 0 Å². The molecule has 1 aromatic heterocycles. The minimum atomic E-state index is -0.232. The molecule has 0 bridgehead atoms. The number of ether oxygens (including phenoxy) is 1. The van der Waals surface area contributed by atoms with Crippen molar-refractivity contribution in [3.8, 4) is 28.4 Å². The molecule has 3 aromatic rings. The van der Waals surface area contributed by atoms with Gasteiger partial charge in [0.05, 0.1) is 17.6 Å². The van der Waals surface area contributed by atoms with Crippen LogP contribution in [0.1, 0.15) is 6.92 Å². The van der Waals surface area contributed by atoms with E-state index in [9.17, 15) is 15.0 Å². The largest absolute Gasteiger partial charge is 0.508 e. The Kier molecular flexibility index (Phi) is 3.47. The lowest BCUT2D eigenvalue weighted by Crippen LogP contribution is -2.04. The summed E-state index contributed by atoms with van der Waals surface area (Å²) >= 11 is 0. The molecule has 0 aliphatic heterocycles. The molecule has 0 spiro atoms. The summed E-state index contributed by atoms with van der Waals surface area (Å²) < 4.78 is 10.7. The van der Waals surface area contributed by atoms with E-state index >= 15 is 0 Å². The summed E-state index contributed by atoms with van der Waals surface area (Å²) in [5.74, 6) is 0.355.